The summed E-state index contributed by atoms with van der Waals surface area (Å²) in [6, 6.07) is 0. The molecule has 0 fully saturated rings. The SMILES string of the molecule is CC(C)c1cn(C)c(=O)nc1N. The summed E-state index contributed by atoms with van der Waals surface area (Å²) in [6.45, 7) is 4.02. The number of hydrogen-bond acceptors (Lipinski definition) is 3. The summed E-state index contributed by atoms with van der Waals surface area (Å²) in [6.07, 6.45) is 1.73. The van der Waals surface area contributed by atoms with Crippen LogP contribution in [-0.4, -0.2) is 9.55 Å². The average molecular weight is 167 g/mol. The van der Waals surface area contributed by atoms with E-state index in [1.807, 2.05) is 13.8 Å². The van der Waals surface area contributed by atoms with Gasteiger partial charge in [0.25, 0.3) is 0 Å². The molecular formula is C8H13N3O. The molecule has 2 N–H and O–H groups in total. The van der Waals surface area contributed by atoms with Crippen LogP contribution in [0.25, 0.3) is 0 Å². The molecule has 0 aliphatic heterocycles. The van der Waals surface area contributed by atoms with Crippen molar-refractivity contribution in [2.45, 2.75) is 19.8 Å². The van der Waals surface area contributed by atoms with E-state index < -0.39 is 0 Å². The van der Waals surface area contributed by atoms with Gasteiger partial charge in [-0.05, 0) is 5.92 Å². The first-order valence-electron chi connectivity index (χ1n) is 3.85. The first kappa shape index (κ1) is 8.77. The monoisotopic (exact) mass is 167 g/mol. The number of aryl methyl sites for hydroxylation is 1. The van der Waals surface area contributed by atoms with E-state index in [4.69, 9.17) is 5.73 Å². The number of aromatic nitrogens is 2. The predicted octanol–water partition coefficient (Wildman–Crippen LogP) is 0.486. The van der Waals surface area contributed by atoms with Crippen LogP contribution in [0, 0.1) is 0 Å². The fraction of sp³-hybridized carbons (Fsp3) is 0.500. The highest BCUT2D eigenvalue weighted by atomic mass is 16.1. The molecule has 0 unspecified atom stereocenters. The third kappa shape index (κ3) is 1.47. The van der Waals surface area contributed by atoms with Gasteiger partial charge in [0.05, 0.1) is 0 Å². The summed E-state index contributed by atoms with van der Waals surface area (Å²) in [4.78, 5) is 14.7. The quantitative estimate of drug-likeness (QED) is 0.662. The Morgan fingerprint density at radius 2 is 2.17 bits per heavy atom. The second-order valence-corrected chi connectivity index (χ2v) is 3.13. The third-order valence-corrected chi connectivity index (χ3v) is 1.77. The van der Waals surface area contributed by atoms with E-state index in [2.05, 4.69) is 4.98 Å². The molecule has 0 amide bonds. The number of anilines is 1. The smallest absolute Gasteiger partial charge is 0.349 e. The van der Waals surface area contributed by atoms with Crippen LogP contribution in [0.15, 0.2) is 11.0 Å². The van der Waals surface area contributed by atoms with Crippen LogP contribution >= 0.6 is 0 Å². The van der Waals surface area contributed by atoms with Gasteiger partial charge in [-0.25, -0.2) is 4.79 Å². The molecule has 1 rings (SSSR count). The standard InChI is InChI=1S/C8H13N3O/c1-5(2)6-4-11(3)8(12)10-7(6)9/h4-5H,1-3H3,(H2,9,10,12). The van der Waals surface area contributed by atoms with Crippen molar-refractivity contribution in [3.05, 3.63) is 22.2 Å². The number of nitrogens with zero attached hydrogens (tertiary/aromatic N) is 2. The number of rotatable bonds is 1. The van der Waals surface area contributed by atoms with Crippen molar-refractivity contribution >= 4 is 5.82 Å². The zero-order valence-electron chi connectivity index (χ0n) is 7.53. The maximum atomic E-state index is 11.0. The highest BCUT2D eigenvalue weighted by Crippen LogP contribution is 2.16. The van der Waals surface area contributed by atoms with Gasteiger partial charge in [-0.2, -0.15) is 4.98 Å². The Bertz CT molecular complexity index is 341. The van der Waals surface area contributed by atoms with E-state index >= 15 is 0 Å². The first-order valence-corrected chi connectivity index (χ1v) is 3.85. The van der Waals surface area contributed by atoms with Crippen LogP contribution in [0.4, 0.5) is 5.82 Å². The van der Waals surface area contributed by atoms with Crippen molar-refractivity contribution < 1.29 is 0 Å². The minimum atomic E-state index is -0.308. The van der Waals surface area contributed by atoms with Gasteiger partial charge in [0, 0.05) is 18.8 Å². The summed E-state index contributed by atoms with van der Waals surface area (Å²) in [5.74, 6) is 0.636. The lowest BCUT2D eigenvalue weighted by Gasteiger charge is -2.08. The number of nitrogens with two attached hydrogens (primary N) is 1. The highest BCUT2D eigenvalue weighted by Gasteiger charge is 2.06. The second-order valence-electron chi connectivity index (χ2n) is 3.13. The lowest BCUT2D eigenvalue weighted by molar-refractivity contribution is 0.763. The van der Waals surface area contributed by atoms with Crippen LogP contribution in [0.1, 0.15) is 25.3 Å². The summed E-state index contributed by atoms with van der Waals surface area (Å²) < 4.78 is 1.44. The molecule has 0 radical (unpaired) electrons. The van der Waals surface area contributed by atoms with Crippen molar-refractivity contribution in [2.75, 3.05) is 5.73 Å². The fourth-order valence-electron chi connectivity index (χ4n) is 1.02. The molecule has 0 aliphatic rings. The normalized spacial score (nSPS) is 10.7. The Hall–Kier alpha value is -1.32. The topological polar surface area (TPSA) is 60.9 Å². The van der Waals surface area contributed by atoms with E-state index in [1.54, 1.807) is 13.2 Å². The van der Waals surface area contributed by atoms with Crippen LogP contribution in [-0.2, 0) is 7.05 Å². The summed E-state index contributed by atoms with van der Waals surface area (Å²) in [5.41, 5.74) is 6.17. The van der Waals surface area contributed by atoms with Crippen molar-refractivity contribution in [3.8, 4) is 0 Å². The maximum Gasteiger partial charge on any atom is 0.349 e. The lowest BCUT2D eigenvalue weighted by atomic mass is 10.1. The van der Waals surface area contributed by atoms with Gasteiger partial charge in [-0.15, -0.1) is 0 Å². The minimum absolute atomic E-state index is 0.296. The largest absolute Gasteiger partial charge is 0.383 e. The highest BCUT2D eigenvalue weighted by molar-refractivity contribution is 5.38. The van der Waals surface area contributed by atoms with Crippen molar-refractivity contribution in [1.82, 2.24) is 9.55 Å². The van der Waals surface area contributed by atoms with E-state index in [-0.39, 0.29) is 5.69 Å². The van der Waals surface area contributed by atoms with Gasteiger partial charge in [0.1, 0.15) is 5.82 Å². The molecule has 4 nitrogen and oxygen atoms in total. The van der Waals surface area contributed by atoms with Gasteiger partial charge < -0.3 is 10.3 Å². The van der Waals surface area contributed by atoms with E-state index in [0.29, 0.717) is 11.7 Å². The summed E-state index contributed by atoms with van der Waals surface area (Å²) in [7, 11) is 1.67. The molecule has 1 heterocycles. The van der Waals surface area contributed by atoms with Crippen LogP contribution < -0.4 is 11.4 Å². The molecule has 12 heavy (non-hydrogen) atoms. The van der Waals surface area contributed by atoms with Crippen molar-refractivity contribution in [3.63, 3.8) is 0 Å². The molecule has 0 saturated carbocycles. The van der Waals surface area contributed by atoms with Gasteiger partial charge in [0.15, 0.2) is 0 Å². The molecule has 0 saturated heterocycles. The van der Waals surface area contributed by atoms with Crippen molar-refractivity contribution in [2.24, 2.45) is 7.05 Å². The Kier molecular flexibility index (Phi) is 2.17. The Morgan fingerprint density at radius 3 is 2.67 bits per heavy atom. The molecule has 1 aromatic heterocycles. The van der Waals surface area contributed by atoms with Crippen molar-refractivity contribution in [1.29, 1.82) is 0 Å². The molecule has 1 aromatic rings. The van der Waals surface area contributed by atoms with E-state index in [9.17, 15) is 4.79 Å². The molecule has 66 valence electrons. The van der Waals surface area contributed by atoms with Gasteiger partial charge >= 0.3 is 5.69 Å². The summed E-state index contributed by atoms with van der Waals surface area (Å²) >= 11 is 0. The molecule has 0 spiro atoms. The molecular weight excluding hydrogens is 154 g/mol. The zero-order chi connectivity index (χ0) is 9.30. The fourth-order valence-corrected chi connectivity index (χ4v) is 1.02. The van der Waals surface area contributed by atoms with E-state index in [1.165, 1.54) is 4.57 Å². The Morgan fingerprint density at radius 1 is 1.58 bits per heavy atom. The number of nitrogen functional groups attached to an aromatic ring is 1. The predicted molar refractivity (Wildman–Crippen MR) is 48.0 cm³/mol. The lowest BCUT2D eigenvalue weighted by Crippen LogP contribution is -2.22. The third-order valence-electron chi connectivity index (χ3n) is 1.77. The van der Waals surface area contributed by atoms with Gasteiger partial charge in [0.2, 0.25) is 0 Å². The number of hydrogen-bond donors (Lipinski definition) is 1. The summed E-state index contributed by atoms with van der Waals surface area (Å²) in [5, 5.41) is 0. The minimum Gasteiger partial charge on any atom is -0.383 e. The van der Waals surface area contributed by atoms with Crippen LogP contribution in [0.3, 0.4) is 0 Å². The van der Waals surface area contributed by atoms with E-state index in [0.717, 1.165) is 5.56 Å². The van der Waals surface area contributed by atoms with Crippen LogP contribution in [0.5, 0.6) is 0 Å². The molecule has 0 atom stereocenters. The van der Waals surface area contributed by atoms with Crippen LogP contribution in [0.2, 0.25) is 0 Å². The second kappa shape index (κ2) is 2.97. The maximum absolute atomic E-state index is 11.0. The van der Waals surface area contributed by atoms with Gasteiger partial charge in [-0.1, -0.05) is 13.8 Å². The molecule has 0 aliphatic carbocycles. The Labute approximate surface area is 71.0 Å². The molecule has 0 aromatic carbocycles. The molecule has 0 bridgehead atoms. The average Bonchev–Trinajstić information content (AvgIpc) is 1.96. The molecule has 4 heteroatoms. The zero-order valence-corrected chi connectivity index (χ0v) is 7.53. The van der Waals surface area contributed by atoms with Gasteiger partial charge in [-0.3, -0.25) is 0 Å². The first-order chi connectivity index (χ1) is 5.52. The Balaban J connectivity index is 3.33.